The number of anilines is 1. The van der Waals surface area contributed by atoms with Gasteiger partial charge in [0, 0.05) is 24.8 Å². The SMILES string of the molecule is Cc1ccc(C(=O)N2CCCC(Nc3ccc(C(F)(F)F)cn3)[C@@H]2C)c(-n2nccn2)c1. The van der Waals surface area contributed by atoms with Crippen molar-refractivity contribution in [3.8, 4) is 5.69 Å². The number of carbonyl (C=O) groups excluding carboxylic acids is 1. The first-order chi connectivity index (χ1) is 15.2. The van der Waals surface area contributed by atoms with Crippen molar-refractivity contribution < 1.29 is 18.0 Å². The number of hydrogen-bond acceptors (Lipinski definition) is 5. The largest absolute Gasteiger partial charge is 0.417 e. The first-order valence-electron chi connectivity index (χ1n) is 10.3. The van der Waals surface area contributed by atoms with Crippen molar-refractivity contribution in [3.63, 3.8) is 0 Å². The van der Waals surface area contributed by atoms with Crippen molar-refractivity contribution in [1.82, 2.24) is 24.9 Å². The average molecular weight is 444 g/mol. The molecule has 0 bridgehead atoms. The van der Waals surface area contributed by atoms with Crippen LogP contribution in [0.15, 0.2) is 48.9 Å². The Labute approximate surface area is 183 Å². The summed E-state index contributed by atoms with van der Waals surface area (Å²) >= 11 is 0. The molecule has 0 aliphatic carbocycles. The lowest BCUT2D eigenvalue weighted by molar-refractivity contribution is -0.137. The van der Waals surface area contributed by atoms with Gasteiger partial charge in [-0.1, -0.05) is 6.07 Å². The molecular formula is C22H23F3N6O. The maximum atomic E-state index is 13.5. The number of nitrogens with one attached hydrogen (secondary N) is 1. The van der Waals surface area contributed by atoms with Crippen LogP contribution in [-0.2, 0) is 6.18 Å². The Bertz CT molecular complexity index is 1080. The molecule has 2 aromatic heterocycles. The Morgan fingerprint density at radius 2 is 1.91 bits per heavy atom. The fourth-order valence-corrected chi connectivity index (χ4v) is 3.94. The molecule has 7 nitrogen and oxygen atoms in total. The number of nitrogens with zero attached hydrogens (tertiary/aromatic N) is 5. The maximum absolute atomic E-state index is 13.5. The molecule has 1 unspecified atom stereocenters. The highest BCUT2D eigenvalue weighted by atomic mass is 19.4. The van der Waals surface area contributed by atoms with Crippen molar-refractivity contribution in [2.24, 2.45) is 0 Å². The number of amides is 1. The lowest BCUT2D eigenvalue weighted by atomic mass is 9.96. The van der Waals surface area contributed by atoms with Gasteiger partial charge in [-0.2, -0.15) is 28.2 Å². The van der Waals surface area contributed by atoms with Crippen LogP contribution in [0.2, 0.25) is 0 Å². The summed E-state index contributed by atoms with van der Waals surface area (Å²) in [5.41, 5.74) is 1.28. The van der Waals surface area contributed by atoms with E-state index >= 15 is 0 Å². The Balaban J connectivity index is 1.54. The molecule has 10 heteroatoms. The quantitative estimate of drug-likeness (QED) is 0.656. The van der Waals surface area contributed by atoms with Crippen LogP contribution in [0.3, 0.4) is 0 Å². The van der Waals surface area contributed by atoms with E-state index in [9.17, 15) is 18.0 Å². The molecule has 1 N–H and O–H groups in total. The van der Waals surface area contributed by atoms with Crippen LogP contribution in [0, 0.1) is 6.92 Å². The van der Waals surface area contributed by atoms with E-state index in [1.54, 1.807) is 23.4 Å². The van der Waals surface area contributed by atoms with Gasteiger partial charge < -0.3 is 10.2 Å². The van der Waals surface area contributed by atoms with E-state index in [1.807, 2.05) is 26.0 Å². The summed E-state index contributed by atoms with van der Waals surface area (Å²) in [5.74, 6) is 0.206. The normalized spacial score (nSPS) is 19.1. The van der Waals surface area contributed by atoms with Crippen LogP contribution in [0.25, 0.3) is 5.69 Å². The first-order valence-corrected chi connectivity index (χ1v) is 10.3. The summed E-state index contributed by atoms with van der Waals surface area (Å²) in [6, 6.07) is 7.49. The Morgan fingerprint density at radius 1 is 1.16 bits per heavy atom. The average Bonchev–Trinajstić information content (AvgIpc) is 3.29. The molecule has 3 aromatic rings. The second-order valence-corrected chi connectivity index (χ2v) is 7.90. The first kappa shape index (κ1) is 21.8. The standard InChI is InChI=1S/C22H23F3N6O/c1-14-5-7-17(19(12-14)31-27-9-10-28-31)21(32)30-11-3-4-18(15(30)2)29-20-8-6-16(13-26-20)22(23,24)25/h5-10,12-13,15,18H,3-4,11H2,1-2H3,(H,26,29)/t15-,18?/m0/s1. The molecule has 0 spiro atoms. The molecule has 4 rings (SSSR count). The summed E-state index contributed by atoms with van der Waals surface area (Å²) < 4.78 is 38.4. The topological polar surface area (TPSA) is 75.9 Å². The zero-order valence-corrected chi connectivity index (χ0v) is 17.7. The fraction of sp³-hybridized carbons (Fsp3) is 0.364. The molecule has 168 valence electrons. The summed E-state index contributed by atoms with van der Waals surface area (Å²) in [6.45, 7) is 4.44. The van der Waals surface area contributed by atoms with Crippen LogP contribution in [0.4, 0.5) is 19.0 Å². The molecule has 1 aromatic carbocycles. The summed E-state index contributed by atoms with van der Waals surface area (Å²) in [5, 5.41) is 11.5. The Kier molecular flexibility index (Phi) is 5.86. The summed E-state index contributed by atoms with van der Waals surface area (Å²) in [7, 11) is 0. The van der Waals surface area contributed by atoms with E-state index in [-0.39, 0.29) is 18.0 Å². The summed E-state index contributed by atoms with van der Waals surface area (Å²) in [4.78, 5) is 20.6. The molecule has 1 saturated heterocycles. The van der Waals surface area contributed by atoms with E-state index in [1.165, 1.54) is 10.9 Å². The Morgan fingerprint density at radius 3 is 2.56 bits per heavy atom. The van der Waals surface area contributed by atoms with Gasteiger partial charge in [0.1, 0.15) is 5.82 Å². The molecule has 1 aliphatic heterocycles. The highest BCUT2D eigenvalue weighted by Crippen LogP contribution is 2.30. The number of hydrogen-bond donors (Lipinski definition) is 1. The highest BCUT2D eigenvalue weighted by Gasteiger charge is 2.34. The smallest absolute Gasteiger partial charge is 0.365 e. The highest BCUT2D eigenvalue weighted by molar-refractivity contribution is 5.98. The van der Waals surface area contributed by atoms with Crippen molar-refractivity contribution in [2.75, 3.05) is 11.9 Å². The number of alkyl halides is 3. The van der Waals surface area contributed by atoms with Crippen LogP contribution in [0.1, 0.15) is 41.3 Å². The lowest BCUT2D eigenvalue weighted by Crippen LogP contribution is -2.52. The second kappa shape index (κ2) is 8.60. The van der Waals surface area contributed by atoms with Gasteiger partial charge in [-0.05, 0) is 56.5 Å². The molecule has 0 radical (unpaired) electrons. The van der Waals surface area contributed by atoms with Gasteiger partial charge in [-0.15, -0.1) is 0 Å². The molecule has 1 aliphatic rings. The molecule has 3 heterocycles. The summed E-state index contributed by atoms with van der Waals surface area (Å²) in [6.07, 6.45) is 1.02. The number of aromatic nitrogens is 4. The van der Waals surface area contributed by atoms with Crippen molar-refractivity contribution in [3.05, 3.63) is 65.6 Å². The third-order valence-corrected chi connectivity index (χ3v) is 5.69. The number of carbonyl (C=O) groups is 1. The number of likely N-dealkylation sites (tertiary alicyclic amines) is 1. The van der Waals surface area contributed by atoms with Gasteiger partial charge in [-0.25, -0.2) is 4.98 Å². The van der Waals surface area contributed by atoms with Gasteiger partial charge >= 0.3 is 6.18 Å². The lowest BCUT2D eigenvalue weighted by Gasteiger charge is -2.40. The van der Waals surface area contributed by atoms with E-state index in [0.717, 1.165) is 30.7 Å². The number of halogens is 3. The third kappa shape index (κ3) is 4.44. The van der Waals surface area contributed by atoms with E-state index in [2.05, 4.69) is 20.5 Å². The molecule has 1 amide bonds. The fourth-order valence-electron chi connectivity index (χ4n) is 3.94. The van der Waals surface area contributed by atoms with Crippen LogP contribution < -0.4 is 5.32 Å². The van der Waals surface area contributed by atoms with Gasteiger partial charge in [0.25, 0.3) is 5.91 Å². The second-order valence-electron chi connectivity index (χ2n) is 7.90. The molecular weight excluding hydrogens is 421 g/mol. The van der Waals surface area contributed by atoms with Gasteiger partial charge in [0.05, 0.1) is 29.2 Å². The minimum Gasteiger partial charge on any atom is -0.365 e. The number of aryl methyl sites for hydroxylation is 1. The van der Waals surface area contributed by atoms with E-state index < -0.39 is 11.7 Å². The molecule has 2 atom stereocenters. The van der Waals surface area contributed by atoms with Crippen LogP contribution in [-0.4, -0.2) is 49.4 Å². The van der Waals surface area contributed by atoms with Crippen molar-refractivity contribution in [2.45, 2.75) is 44.9 Å². The monoisotopic (exact) mass is 444 g/mol. The zero-order chi connectivity index (χ0) is 22.9. The third-order valence-electron chi connectivity index (χ3n) is 5.69. The predicted octanol–water partition coefficient (Wildman–Crippen LogP) is 4.09. The van der Waals surface area contributed by atoms with E-state index in [0.29, 0.717) is 23.6 Å². The van der Waals surface area contributed by atoms with Gasteiger partial charge in [0.2, 0.25) is 0 Å². The van der Waals surface area contributed by atoms with Crippen molar-refractivity contribution in [1.29, 1.82) is 0 Å². The predicted molar refractivity (Wildman–Crippen MR) is 112 cm³/mol. The van der Waals surface area contributed by atoms with Crippen molar-refractivity contribution >= 4 is 11.7 Å². The van der Waals surface area contributed by atoms with Crippen LogP contribution >= 0.6 is 0 Å². The Hall–Kier alpha value is -3.43. The minimum atomic E-state index is -4.43. The number of benzene rings is 1. The zero-order valence-electron chi connectivity index (χ0n) is 17.7. The number of rotatable bonds is 4. The molecule has 32 heavy (non-hydrogen) atoms. The van der Waals surface area contributed by atoms with Gasteiger partial charge in [-0.3, -0.25) is 4.79 Å². The maximum Gasteiger partial charge on any atom is 0.417 e. The minimum absolute atomic E-state index is 0.142. The number of piperidine rings is 1. The molecule has 0 saturated carbocycles. The number of pyridine rings is 1. The molecule has 1 fully saturated rings. The van der Waals surface area contributed by atoms with Gasteiger partial charge in [0.15, 0.2) is 0 Å². The van der Waals surface area contributed by atoms with Crippen LogP contribution in [0.5, 0.6) is 0 Å². The van der Waals surface area contributed by atoms with E-state index in [4.69, 9.17) is 0 Å².